The Bertz CT molecular complexity index is 921. The third kappa shape index (κ3) is 6.07. The number of hydrogen-bond acceptors (Lipinski definition) is 4. The van der Waals surface area contributed by atoms with Gasteiger partial charge >= 0.3 is 0 Å². The highest BCUT2D eigenvalue weighted by Gasteiger charge is 2.26. The summed E-state index contributed by atoms with van der Waals surface area (Å²) in [5, 5.41) is 2.88. The van der Waals surface area contributed by atoms with E-state index in [9.17, 15) is 13.2 Å². The molecule has 29 heavy (non-hydrogen) atoms. The molecular formula is C22H28N2O3S2. The quantitative estimate of drug-likeness (QED) is 0.644. The minimum atomic E-state index is -3.53. The van der Waals surface area contributed by atoms with Gasteiger partial charge in [0.1, 0.15) is 0 Å². The summed E-state index contributed by atoms with van der Waals surface area (Å²) in [6.45, 7) is 3.71. The Labute approximate surface area is 177 Å². The maximum absolute atomic E-state index is 12.8. The molecule has 1 N–H and O–H groups in total. The number of aryl methyl sites for hydroxylation is 1. The first-order chi connectivity index (χ1) is 14.0. The first kappa shape index (κ1) is 21.9. The van der Waals surface area contributed by atoms with E-state index in [-0.39, 0.29) is 10.8 Å². The molecule has 0 aromatic heterocycles. The lowest BCUT2D eigenvalue weighted by molar-refractivity contribution is 0.0956. The molecule has 2 aromatic rings. The zero-order valence-electron chi connectivity index (χ0n) is 16.8. The van der Waals surface area contributed by atoms with E-state index in [1.165, 1.54) is 21.5 Å². The lowest BCUT2D eigenvalue weighted by atomic mass is 10.2. The van der Waals surface area contributed by atoms with Gasteiger partial charge in [-0.2, -0.15) is 16.1 Å². The second-order valence-electron chi connectivity index (χ2n) is 7.29. The Balaban J connectivity index is 1.50. The fourth-order valence-corrected chi connectivity index (χ4v) is 5.65. The summed E-state index contributed by atoms with van der Waals surface area (Å²) in [6.07, 6.45) is 2.84. The van der Waals surface area contributed by atoms with E-state index in [1.807, 2.05) is 0 Å². The Kier molecular flexibility index (Phi) is 7.75. The first-order valence-corrected chi connectivity index (χ1v) is 12.6. The lowest BCUT2D eigenvalue weighted by Gasteiger charge is -2.26. The molecule has 0 unspecified atom stereocenters. The van der Waals surface area contributed by atoms with Crippen LogP contribution in [-0.4, -0.2) is 44.0 Å². The predicted octanol–water partition coefficient (Wildman–Crippen LogP) is 3.83. The first-order valence-electron chi connectivity index (χ1n) is 9.98. The topological polar surface area (TPSA) is 66.5 Å². The third-order valence-corrected chi connectivity index (χ3v) is 7.90. The molecule has 1 heterocycles. The standard InChI is InChI=1S/C22H28N2O3S2/c1-18-8-10-19(11-9-18)17-28-15-12-23-22(25)20-6-5-7-21(16-20)29(26,27)24-13-3-2-4-14-24/h5-11,16H,2-4,12-15,17H2,1H3,(H,23,25). The van der Waals surface area contributed by atoms with Crippen molar-refractivity contribution in [1.29, 1.82) is 0 Å². The minimum absolute atomic E-state index is 0.195. The number of rotatable bonds is 8. The summed E-state index contributed by atoms with van der Waals surface area (Å²) in [6, 6.07) is 14.8. The normalized spacial score (nSPS) is 15.2. The molecule has 7 heteroatoms. The second kappa shape index (κ2) is 10.3. The van der Waals surface area contributed by atoms with Gasteiger partial charge in [0.05, 0.1) is 4.90 Å². The van der Waals surface area contributed by atoms with Crippen molar-refractivity contribution in [2.24, 2.45) is 0 Å². The predicted molar refractivity (Wildman–Crippen MR) is 119 cm³/mol. The molecule has 0 bridgehead atoms. The van der Waals surface area contributed by atoms with Gasteiger partial charge in [0, 0.05) is 36.7 Å². The van der Waals surface area contributed by atoms with Crippen molar-refractivity contribution in [3.63, 3.8) is 0 Å². The molecule has 1 aliphatic heterocycles. The van der Waals surface area contributed by atoms with Crippen LogP contribution in [0.5, 0.6) is 0 Å². The molecule has 5 nitrogen and oxygen atoms in total. The summed E-state index contributed by atoms with van der Waals surface area (Å²) in [4.78, 5) is 12.6. The van der Waals surface area contributed by atoms with Crippen LogP contribution in [0, 0.1) is 6.92 Å². The van der Waals surface area contributed by atoms with Crippen LogP contribution < -0.4 is 5.32 Å². The fourth-order valence-electron chi connectivity index (χ4n) is 3.27. The van der Waals surface area contributed by atoms with E-state index < -0.39 is 10.0 Å². The zero-order chi connectivity index (χ0) is 20.7. The largest absolute Gasteiger partial charge is 0.351 e. The second-order valence-corrected chi connectivity index (χ2v) is 10.3. The van der Waals surface area contributed by atoms with Crippen molar-refractivity contribution in [2.45, 2.75) is 36.8 Å². The molecule has 0 atom stereocenters. The number of benzene rings is 2. The highest BCUT2D eigenvalue weighted by atomic mass is 32.2. The van der Waals surface area contributed by atoms with Crippen molar-refractivity contribution >= 4 is 27.7 Å². The van der Waals surface area contributed by atoms with Gasteiger partial charge in [-0.1, -0.05) is 42.3 Å². The van der Waals surface area contributed by atoms with Gasteiger partial charge in [-0.15, -0.1) is 0 Å². The van der Waals surface area contributed by atoms with Crippen LogP contribution >= 0.6 is 11.8 Å². The Hall–Kier alpha value is -1.83. The molecular weight excluding hydrogens is 404 g/mol. The van der Waals surface area contributed by atoms with E-state index in [1.54, 1.807) is 30.0 Å². The molecule has 1 saturated heterocycles. The van der Waals surface area contributed by atoms with Crippen LogP contribution in [0.25, 0.3) is 0 Å². The molecule has 0 radical (unpaired) electrons. The van der Waals surface area contributed by atoms with Gasteiger partial charge < -0.3 is 5.32 Å². The fraction of sp³-hybridized carbons (Fsp3) is 0.409. The molecule has 0 spiro atoms. The highest BCUT2D eigenvalue weighted by Crippen LogP contribution is 2.21. The van der Waals surface area contributed by atoms with Crippen molar-refractivity contribution in [1.82, 2.24) is 9.62 Å². The SMILES string of the molecule is Cc1ccc(CSCCNC(=O)c2cccc(S(=O)(=O)N3CCCCC3)c2)cc1. The summed E-state index contributed by atoms with van der Waals surface area (Å²) in [5.74, 6) is 1.46. The number of nitrogens with zero attached hydrogens (tertiary/aromatic N) is 1. The molecule has 156 valence electrons. The summed E-state index contributed by atoms with van der Waals surface area (Å²) in [5.41, 5.74) is 2.89. The number of sulfonamides is 1. The maximum atomic E-state index is 12.8. The van der Waals surface area contributed by atoms with E-state index in [0.29, 0.717) is 25.2 Å². The Morgan fingerprint density at radius 3 is 2.52 bits per heavy atom. The number of amides is 1. The van der Waals surface area contributed by atoms with Crippen molar-refractivity contribution in [3.8, 4) is 0 Å². The average Bonchev–Trinajstić information content (AvgIpc) is 2.75. The van der Waals surface area contributed by atoms with Crippen molar-refractivity contribution in [2.75, 3.05) is 25.4 Å². The van der Waals surface area contributed by atoms with E-state index in [2.05, 4.69) is 36.5 Å². The minimum Gasteiger partial charge on any atom is -0.351 e. The van der Waals surface area contributed by atoms with Crippen LogP contribution in [-0.2, 0) is 15.8 Å². The van der Waals surface area contributed by atoms with Crippen molar-refractivity contribution in [3.05, 3.63) is 65.2 Å². The number of hydrogen-bond donors (Lipinski definition) is 1. The Morgan fingerprint density at radius 2 is 1.79 bits per heavy atom. The van der Waals surface area contributed by atoms with E-state index in [4.69, 9.17) is 0 Å². The van der Waals surface area contributed by atoms with Gasteiger partial charge in [-0.05, 0) is 43.5 Å². The van der Waals surface area contributed by atoms with Crippen LogP contribution in [0.4, 0.5) is 0 Å². The molecule has 1 fully saturated rings. The molecule has 0 aliphatic carbocycles. The summed E-state index contributed by atoms with van der Waals surface area (Å²) < 4.78 is 27.1. The molecule has 1 aliphatic rings. The highest BCUT2D eigenvalue weighted by molar-refractivity contribution is 7.98. The molecule has 2 aromatic carbocycles. The number of piperidine rings is 1. The van der Waals surface area contributed by atoms with Gasteiger partial charge in [0.15, 0.2) is 0 Å². The monoisotopic (exact) mass is 432 g/mol. The third-order valence-electron chi connectivity index (χ3n) is 4.97. The van der Waals surface area contributed by atoms with Gasteiger partial charge in [0.2, 0.25) is 10.0 Å². The van der Waals surface area contributed by atoms with Crippen molar-refractivity contribution < 1.29 is 13.2 Å². The van der Waals surface area contributed by atoms with Crippen LogP contribution in [0.2, 0.25) is 0 Å². The lowest BCUT2D eigenvalue weighted by Crippen LogP contribution is -2.35. The molecule has 0 saturated carbocycles. The number of thioether (sulfide) groups is 1. The molecule has 3 rings (SSSR count). The van der Waals surface area contributed by atoms with Crippen LogP contribution in [0.1, 0.15) is 40.7 Å². The van der Waals surface area contributed by atoms with E-state index in [0.717, 1.165) is 30.8 Å². The Morgan fingerprint density at radius 1 is 1.07 bits per heavy atom. The smallest absolute Gasteiger partial charge is 0.251 e. The van der Waals surface area contributed by atoms with Gasteiger partial charge in [-0.25, -0.2) is 8.42 Å². The van der Waals surface area contributed by atoms with Crippen LogP contribution in [0.15, 0.2) is 53.4 Å². The van der Waals surface area contributed by atoms with Crippen LogP contribution in [0.3, 0.4) is 0 Å². The molecule has 1 amide bonds. The van der Waals surface area contributed by atoms with E-state index >= 15 is 0 Å². The van der Waals surface area contributed by atoms with Gasteiger partial charge in [0.25, 0.3) is 5.91 Å². The maximum Gasteiger partial charge on any atom is 0.251 e. The summed E-state index contributed by atoms with van der Waals surface area (Å²) >= 11 is 1.76. The zero-order valence-corrected chi connectivity index (χ0v) is 18.4. The number of carbonyl (C=O) groups is 1. The average molecular weight is 433 g/mol. The van der Waals surface area contributed by atoms with Gasteiger partial charge in [-0.3, -0.25) is 4.79 Å². The number of nitrogens with one attached hydrogen (secondary N) is 1. The summed E-state index contributed by atoms with van der Waals surface area (Å²) in [7, 11) is -3.53. The number of carbonyl (C=O) groups excluding carboxylic acids is 1.